The van der Waals surface area contributed by atoms with Gasteiger partial charge >= 0.3 is 0 Å². The number of β-lactam (4-membered cyclic amide) rings is 1. The summed E-state index contributed by atoms with van der Waals surface area (Å²) in [4.78, 5) is 14.6. The van der Waals surface area contributed by atoms with Crippen LogP contribution in [0.1, 0.15) is 45.1 Å². The number of hydrogen-bond acceptors (Lipinski definition) is 1. The molecule has 1 atom stereocenters. The number of halogens is 1. The van der Waals surface area contributed by atoms with E-state index in [4.69, 9.17) is 0 Å². The normalized spacial score (nSPS) is 27.4. The fourth-order valence-corrected chi connectivity index (χ4v) is 5.41. The zero-order valence-corrected chi connectivity index (χ0v) is 13.8. The molecule has 1 heterocycles. The van der Waals surface area contributed by atoms with Gasteiger partial charge in [-0.25, -0.2) is 0 Å². The lowest BCUT2D eigenvalue weighted by atomic mass is 9.67. The van der Waals surface area contributed by atoms with Crippen LogP contribution >= 0.6 is 15.9 Å². The average molecular weight is 336 g/mol. The largest absolute Gasteiger partial charge is 0.332 e. The molecule has 2 fully saturated rings. The summed E-state index contributed by atoms with van der Waals surface area (Å²) in [6.45, 7) is 4.94. The Morgan fingerprint density at radius 1 is 1.20 bits per heavy atom. The Morgan fingerprint density at radius 3 is 2.40 bits per heavy atom. The zero-order valence-electron chi connectivity index (χ0n) is 12.2. The second kappa shape index (κ2) is 4.87. The molecule has 1 aromatic rings. The molecule has 1 aromatic carbocycles. The van der Waals surface area contributed by atoms with Crippen LogP contribution < -0.4 is 0 Å². The van der Waals surface area contributed by atoms with Gasteiger partial charge in [0.1, 0.15) is 0 Å². The van der Waals surface area contributed by atoms with E-state index in [1.54, 1.807) is 0 Å². The van der Waals surface area contributed by atoms with Crippen molar-refractivity contribution in [1.29, 1.82) is 0 Å². The van der Waals surface area contributed by atoms with E-state index in [0.29, 0.717) is 6.04 Å². The van der Waals surface area contributed by atoms with Gasteiger partial charge in [-0.05, 0) is 32.3 Å². The second-order valence-electron chi connectivity index (χ2n) is 6.78. The molecule has 1 aliphatic heterocycles. The summed E-state index contributed by atoms with van der Waals surface area (Å²) in [5.41, 5.74) is 0.984. The molecule has 0 spiro atoms. The first-order chi connectivity index (χ1) is 9.45. The maximum Gasteiger partial charge on any atom is 0.230 e. The molecule has 1 unspecified atom stereocenters. The Bertz CT molecular complexity index is 505. The van der Waals surface area contributed by atoms with Crippen molar-refractivity contribution < 1.29 is 4.79 Å². The summed E-state index contributed by atoms with van der Waals surface area (Å²) in [6, 6.07) is 10.6. The molecule has 1 saturated heterocycles. The molecule has 20 heavy (non-hydrogen) atoms. The van der Waals surface area contributed by atoms with Crippen LogP contribution in [-0.2, 0) is 11.3 Å². The molecule has 2 nitrogen and oxygen atoms in total. The van der Waals surface area contributed by atoms with Gasteiger partial charge < -0.3 is 4.90 Å². The lowest BCUT2D eigenvalue weighted by Gasteiger charge is -2.58. The molecule has 3 heteroatoms. The maximum atomic E-state index is 12.5. The summed E-state index contributed by atoms with van der Waals surface area (Å²) in [5.74, 6) is 0.289. The fourth-order valence-electron chi connectivity index (χ4n) is 4.03. The maximum absolute atomic E-state index is 12.5. The first-order valence-corrected chi connectivity index (χ1v) is 8.28. The fraction of sp³-hybridized carbons (Fsp3) is 0.588. The van der Waals surface area contributed by atoms with Crippen LogP contribution in [0.15, 0.2) is 30.3 Å². The van der Waals surface area contributed by atoms with Crippen LogP contribution in [0.3, 0.4) is 0 Å². The van der Waals surface area contributed by atoms with Crippen LogP contribution in [0.25, 0.3) is 0 Å². The Kier molecular flexibility index (Phi) is 3.44. The monoisotopic (exact) mass is 335 g/mol. The molecule has 1 aliphatic carbocycles. The van der Waals surface area contributed by atoms with E-state index in [2.05, 4.69) is 46.8 Å². The van der Waals surface area contributed by atoms with Gasteiger partial charge in [0, 0.05) is 10.9 Å². The number of nitrogens with zero attached hydrogens (tertiary/aromatic N) is 1. The number of amides is 1. The van der Waals surface area contributed by atoms with Gasteiger partial charge in [-0.2, -0.15) is 0 Å². The SMILES string of the molecule is CC1(C)C(=O)N(Cc2ccccc2)C1C1(Br)CCCC1. The van der Waals surface area contributed by atoms with E-state index in [9.17, 15) is 4.79 Å². The summed E-state index contributed by atoms with van der Waals surface area (Å²) in [5, 5.41) is 0. The first kappa shape index (κ1) is 14.1. The van der Waals surface area contributed by atoms with Crippen molar-refractivity contribution in [2.75, 3.05) is 0 Å². The highest BCUT2D eigenvalue weighted by molar-refractivity contribution is 9.10. The van der Waals surface area contributed by atoms with Gasteiger partial charge in [0.15, 0.2) is 0 Å². The summed E-state index contributed by atoms with van der Waals surface area (Å²) < 4.78 is 0.124. The predicted octanol–water partition coefficient (Wildman–Crippen LogP) is 4.13. The lowest BCUT2D eigenvalue weighted by Crippen LogP contribution is -2.72. The van der Waals surface area contributed by atoms with E-state index in [1.807, 2.05) is 18.2 Å². The van der Waals surface area contributed by atoms with Gasteiger partial charge in [0.05, 0.1) is 11.5 Å². The Balaban J connectivity index is 1.84. The number of likely N-dealkylation sites (tertiary alicyclic amines) is 1. The third-order valence-corrected chi connectivity index (χ3v) is 6.15. The van der Waals surface area contributed by atoms with Crippen LogP contribution in [0.2, 0.25) is 0 Å². The molecule has 3 rings (SSSR count). The number of rotatable bonds is 3. The summed E-state index contributed by atoms with van der Waals surface area (Å²) in [6.07, 6.45) is 4.90. The van der Waals surface area contributed by atoms with Crippen LogP contribution in [0.4, 0.5) is 0 Å². The first-order valence-electron chi connectivity index (χ1n) is 7.49. The van der Waals surface area contributed by atoms with E-state index in [1.165, 1.54) is 31.2 Å². The standard InChI is InChI=1S/C17H22BrNO/c1-16(2)14(17(18)10-6-7-11-17)19(15(16)20)12-13-8-4-3-5-9-13/h3-5,8-9,14H,6-7,10-12H2,1-2H3. The van der Waals surface area contributed by atoms with Gasteiger partial charge in [0.2, 0.25) is 5.91 Å². The van der Waals surface area contributed by atoms with E-state index >= 15 is 0 Å². The Labute approximate surface area is 129 Å². The topological polar surface area (TPSA) is 20.3 Å². The molecule has 2 aliphatic rings. The minimum atomic E-state index is -0.234. The van der Waals surface area contributed by atoms with Crippen molar-refractivity contribution in [2.24, 2.45) is 5.41 Å². The quantitative estimate of drug-likeness (QED) is 0.600. The highest BCUT2D eigenvalue weighted by Crippen LogP contribution is 2.54. The third-order valence-electron chi connectivity index (χ3n) is 4.93. The van der Waals surface area contributed by atoms with E-state index < -0.39 is 0 Å². The number of carbonyl (C=O) groups is 1. The Morgan fingerprint density at radius 2 is 1.80 bits per heavy atom. The molecule has 0 bridgehead atoms. The average Bonchev–Trinajstić information content (AvgIpc) is 2.85. The molecular formula is C17H22BrNO. The minimum Gasteiger partial charge on any atom is -0.332 e. The summed E-state index contributed by atoms with van der Waals surface area (Å²) in [7, 11) is 0. The van der Waals surface area contributed by atoms with Crippen LogP contribution in [-0.4, -0.2) is 21.2 Å². The van der Waals surface area contributed by atoms with Crippen LogP contribution in [0, 0.1) is 5.41 Å². The van der Waals surface area contributed by atoms with Crippen molar-refractivity contribution in [1.82, 2.24) is 4.90 Å². The third kappa shape index (κ3) is 2.11. The molecular weight excluding hydrogens is 314 g/mol. The van der Waals surface area contributed by atoms with Crippen molar-refractivity contribution in [3.63, 3.8) is 0 Å². The summed E-state index contributed by atoms with van der Waals surface area (Å²) >= 11 is 3.99. The lowest BCUT2D eigenvalue weighted by molar-refractivity contribution is -0.172. The minimum absolute atomic E-state index is 0.124. The smallest absolute Gasteiger partial charge is 0.230 e. The molecule has 1 amide bonds. The van der Waals surface area contributed by atoms with E-state index in [-0.39, 0.29) is 15.6 Å². The van der Waals surface area contributed by atoms with Crippen molar-refractivity contribution >= 4 is 21.8 Å². The number of hydrogen-bond donors (Lipinski definition) is 0. The predicted molar refractivity (Wildman–Crippen MR) is 84.7 cm³/mol. The number of carbonyl (C=O) groups excluding carboxylic acids is 1. The van der Waals surface area contributed by atoms with Gasteiger partial charge in [-0.1, -0.05) is 59.1 Å². The molecule has 1 saturated carbocycles. The molecule has 0 radical (unpaired) electrons. The van der Waals surface area contributed by atoms with Crippen LogP contribution in [0.5, 0.6) is 0 Å². The highest BCUT2D eigenvalue weighted by Gasteiger charge is 2.62. The molecule has 0 aromatic heterocycles. The van der Waals surface area contributed by atoms with Gasteiger partial charge in [-0.3, -0.25) is 4.79 Å². The molecule has 108 valence electrons. The second-order valence-corrected chi connectivity index (χ2v) is 8.36. The van der Waals surface area contributed by atoms with Crippen molar-refractivity contribution in [3.05, 3.63) is 35.9 Å². The van der Waals surface area contributed by atoms with Crippen molar-refractivity contribution in [2.45, 2.75) is 56.4 Å². The number of benzene rings is 1. The zero-order chi connectivity index (χ0) is 14.4. The van der Waals surface area contributed by atoms with Gasteiger partial charge in [-0.15, -0.1) is 0 Å². The molecule has 0 N–H and O–H groups in total. The number of alkyl halides is 1. The highest BCUT2D eigenvalue weighted by atomic mass is 79.9. The van der Waals surface area contributed by atoms with E-state index in [0.717, 1.165) is 6.54 Å². The Hall–Kier alpha value is -0.830. The van der Waals surface area contributed by atoms with Crippen molar-refractivity contribution in [3.8, 4) is 0 Å². The van der Waals surface area contributed by atoms with Gasteiger partial charge in [0.25, 0.3) is 0 Å².